The Bertz CT molecular complexity index is 469. The zero-order chi connectivity index (χ0) is 13.7. The molecule has 1 atom stereocenters. The highest BCUT2D eigenvalue weighted by Crippen LogP contribution is 2.24. The molecule has 1 aromatic rings. The predicted molar refractivity (Wildman–Crippen MR) is 69.2 cm³/mol. The number of aliphatic carboxylic acids is 1. The van der Waals surface area contributed by atoms with E-state index in [-0.39, 0.29) is 11.9 Å². The summed E-state index contributed by atoms with van der Waals surface area (Å²) in [6.45, 7) is 0.407. The summed E-state index contributed by atoms with van der Waals surface area (Å²) in [5, 5.41) is 14.5. The molecule has 1 aliphatic heterocycles. The lowest BCUT2D eigenvalue weighted by Gasteiger charge is -2.14. The highest BCUT2D eigenvalue weighted by atomic mass is 16.5. The first-order chi connectivity index (χ1) is 9.16. The molecule has 0 saturated carbocycles. The fraction of sp³-hybridized carbons (Fsp3) is 0.385. The van der Waals surface area contributed by atoms with Crippen molar-refractivity contribution < 1.29 is 19.4 Å². The number of carbonyl (C=O) groups is 2. The second-order valence-corrected chi connectivity index (χ2v) is 4.32. The maximum absolute atomic E-state index is 12.0. The Kier molecular flexibility index (Phi) is 4.35. The summed E-state index contributed by atoms with van der Waals surface area (Å²) in [5.74, 6) is -0.821. The van der Waals surface area contributed by atoms with E-state index in [1.165, 1.54) is 0 Å². The number of nitrogens with one attached hydrogen (secondary N) is 2. The number of carboxylic acids is 1. The number of benzene rings is 1. The van der Waals surface area contributed by atoms with Gasteiger partial charge in [0.15, 0.2) is 6.61 Å². The van der Waals surface area contributed by atoms with Crippen molar-refractivity contribution in [2.24, 2.45) is 0 Å². The Hall–Kier alpha value is -2.08. The van der Waals surface area contributed by atoms with Crippen LogP contribution in [0.15, 0.2) is 24.3 Å². The monoisotopic (exact) mass is 264 g/mol. The molecule has 0 unspecified atom stereocenters. The molecule has 3 N–H and O–H groups in total. The van der Waals surface area contributed by atoms with Crippen LogP contribution in [0.25, 0.3) is 0 Å². The van der Waals surface area contributed by atoms with Crippen molar-refractivity contribution in [2.75, 3.05) is 18.5 Å². The van der Waals surface area contributed by atoms with Crippen LogP contribution >= 0.6 is 0 Å². The van der Waals surface area contributed by atoms with Gasteiger partial charge in [0, 0.05) is 0 Å². The maximum atomic E-state index is 12.0. The van der Waals surface area contributed by atoms with Crippen LogP contribution in [-0.4, -0.2) is 36.2 Å². The molecular formula is C13H16N2O4. The Labute approximate surface area is 110 Å². The molecule has 2 rings (SSSR count). The molecule has 1 fully saturated rings. The molecule has 6 heteroatoms. The smallest absolute Gasteiger partial charge is 0.341 e. The lowest BCUT2D eigenvalue weighted by molar-refractivity contribution is -0.139. The van der Waals surface area contributed by atoms with Gasteiger partial charge in [-0.3, -0.25) is 4.79 Å². The Morgan fingerprint density at radius 3 is 2.89 bits per heavy atom. The van der Waals surface area contributed by atoms with Gasteiger partial charge in [0.05, 0.1) is 11.7 Å². The minimum atomic E-state index is -1.06. The third-order valence-corrected chi connectivity index (χ3v) is 2.87. The highest BCUT2D eigenvalue weighted by molar-refractivity contribution is 5.96. The van der Waals surface area contributed by atoms with E-state index in [2.05, 4.69) is 10.6 Å². The summed E-state index contributed by atoms with van der Waals surface area (Å²) in [6, 6.07) is 6.60. The minimum absolute atomic E-state index is 0.121. The second kappa shape index (κ2) is 6.19. The second-order valence-electron chi connectivity index (χ2n) is 4.32. The molecule has 0 aliphatic carbocycles. The van der Waals surface area contributed by atoms with Crippen LogP contribution in [0, 0.1) is 0 Å². The van der Waals surface area contributed by atoms with E-state index in [1.54, 1.807) is 24.3 Å². The van der Waals surface area contributed by atoms with Crippen LogP contribution in [0.2, 0.25) is 0 Å². The first kappa shape index (κ1) is 13.4. The van der Waals surface area contributed by atoms with Crippen LogP contribution in [0.5, 0.6) is 5.75 Å². The number of ether oxygens (including phenoxy) is 1. The maximum Gasteiger partial charge on any atom is 0.341 e. The van der Waals surface area contributed by atoms with Crippen molar-refractivity contribution in [2.45, 2.75) is 18.9 Å². The summed E-state index contributed by atoms with van der Waals surface area (Å²) in [6.07, 6.45) is 1.79. The van der Waals surface area contributed by atoms with Crippen molar-refractivity contribution in [3.05, 3.63) is 24.3 Å². The Balaban J connectivity index is 2.02. The number of hydrogen-bond acceptors (Lipinski definition) is 4. The summed E-state index contributed by atoms with van der Waals surface area (Å²) < 4.78 is 5.13. The molecule has 0 radical (unpaired) electrons. The van der Waals surface area contributed by atoms with Crippen molar-refractivity contribution in [3.8, 4) is 5.75 Å². The van der Waals surface area contributed by atoms with E-state index < -0.39 is 12.6 Å². The van der Waals surface area contributed by atoms with Gasteiger partial charge in [0.2, 0.25) is 5.91 Å². The average Bonchev–Trinajstić information content (AvgIpc) is 2.91. The van der Waals surface area contributed by atoms with Gasteiger partial charge in [-0.15, -0.1) is 0 Å². The summed E-state index contributed by atoms with van der Waals surface area (Å²) in [5.41, 5.74) is 0.488. The normalized spacial score (nSPS) is 18.0. The Morgan fingerprint density at radius 2 is 2.21 bits per heavy atom. The number of rotatable bonds is 5. The molecule has 19 heavy (non-hydrogen) atoms. The number of carboxylic acid groups (broad SMARTS) is 1. The van der Waals surface area contributed by atoms with E-state index in [0.29, 0.717) is 11.4 Å². The zero-order valence-corrected chi connectivity index (χ0v) is 10.4. The Morgan fingerprint density at radius 1 is 1.42 bits per heavy atom. The van der Waals surface area contributed by atoms with Gasteiger partial charge in [-0.2, -0.15) is 0 Å². The van der Waals surface area contributed by atoms with Crippen LogP contribution in [0.3, 0.4) is 0 Å². The third-order valence-electron chi connectivity index (χ3n) is 2.87. The lowest BCUT2D eigenvalue weighted by atomic mass is 10.2. The summed E-state index contributed by atoms with van der Waals surface area (Å²) in [4.78, 5) is 22.5. The van der Waals surface area contributed by atoms with E-state index in [4.69, 9.17) is 9.84 Å². The van der Waals surface area contributed by atoms with E-state index in [0.717, 1.165) is 19.4 Å². The molecule has 1 aromatic carbocycles. The SMILES string of the molecule is O=C(O)COc1ccccc1NC(=O)[C@@H]1CCCN1. The molecule has 0 aromatic heterocycles. The zero-order valence-electron chi connectivity index (χ0n) is 10.4. The van der Waals surface area contributed by atoms with E-state index in [9.17, 15) is 9.59 Å². The van der Waals surface area contributed by atoms with Crippen LogP contribution in [0.1, 0.15) is 12.8 Å². The fourth-order valence-corrected chi connectivity index (χ4v) is 1.96. The standard InChI is InChI=1S/C13H16N2O4/c16-12(17)8-19-11-6-2-1-4-9(11)15-13(18)10-5-3-7-14-10/h1-2,4,6,10,14H,3,5,7-8H2,(H,15,18)(H,16,17)/t10-/m0/s1. The molecule has 1 heterocycles. The van der Waals surface area contributed by atoms with Gasteiger partial charge in [0.25, 0.3) is 0 Å². The predicted octanol–water partition coefficient (Wildman–Crippen LogP) is 0.840. The number of carbonyl (C=O) groups excluding carboxylic acids is 1. The molecule has 102 valence electrons. The van der Waals surface area contributed by atoms with Gasteiger partial charge in [-0.05, 0) is 31.5 Å². The minimum Gasteiger partial charge on any atom is -0.480 e. The van der Waals surface area contributed by atoms with Gasteiger partial charge in [-0.25, -0.2) is 4.79 Å². The van der Waals surface area contributed by atoms with Gasteiger partial charge >= 0.3 is 5.97 Å². The van der Waals surface area contributed by atoms with Gasteiger partial charge in [-0.1, -0.05) is 12.1 Å². The highest BCUT2D eigenvalue weighted by Gasteiger charge is 2.22. The van der Waals surface area contributed by atoms with Crippen molar-refractivity contribution in [1.82, 2.24) is 5.32 Å². The van der Waals surface area contributed by atoms with Gasteiger partial charge < -0.3 is 20.5 Å². The van der Waals surface area contributed by atoms with Crippen LogP contribution < -0.4 is 15.4 Å². The van der Waals surface area contributed by atoms with Crippen molar-refractivity contribution in [3.63, 3.8) is 0 Å². The molecule has 0 bridgehead atoms. The first-order valence-corrected chi connectivity index (χ1v) is 6.14. The quantitative estimate of drug-likeness (QED) is 0.733. The molecule has 6 nitrogen and oxygen atoms in total. The molecule has 1 amide bonds. The molecular weight excluding hydrogens is 248 g/mol. The van der Waals surface area contributed by atoms with Crippen LogP contribution in [-0.2, 0) is 9.59 Å². The number of anilines is 1. The number of para-hydroxylation sites is 2. The van der Waals surface area contributed by atoms with Crippen molar-refractivity contribution >= 4 is 17.6 Å². The average molecular weight is 264 g/mol. The van der Waals surface area contributed by atoms with Gasteiger partial charge in [0.1, 0.15) is 5.75 Å². The number of amides is 1. The van der Waals surface area contributed by atoms with Crippen molar-refractivity contribution in [1.29, 1.82) is 0 Å². The molecule has 0 spiro atoms. The fourth-order valence-electron chi connectivity index (χ4n) is 1.96. The third kappa shape index (κ3) is 3.69. The largest absolute Gasteiger partial charge is 0.480 e. The number of hydrogen-bond donors (Lipinski definition) is 3. The van der Waals surface area contributed by atoms with E-state index >= 15 is 0 Å². The summed E-state index contributed by atoms with van der Waals surface area (Å²) in [7, 11) is 0. The molecule has 1 aliphatic rings. The van der Waals surface area contributed by atoms with Crippen LogP contribution in [0.4, 0.5) is 5.69 Å². The molecule has 1 saturated heterocycles. The topological polar surface area (TPSA) is 87.7 Å². The lowest BCUT2D eigenvalue weighted by Crippen LogP contribution is -2.35. The first-order valence-electron chi connectivity index (χ1n) is 6.14. The summed E-state index contributed by atoms with van der Waals surface area (Å²) >= 11 is 0. The van der Waals surface area contributed by atoms with E-state index in [1.807, 2.05) is 0 Å².